The van der Waals surface area contributed by atoms with Crippen molar-refractivity contribution < 1.29 is 14.7 Å². The van der Waals surface area contributed by atoms with E-state index in [1.165, 1.54) is 29.0 Å². The second-order valence-electron chi connectivity index (χ2n) is 4.83. The van der Waals surface area contributed by atoms with Gasteiger partial charge in [-0.25, -0.2) is 4.68 Å². The Morgan fingerprint density at radius 2 is 2.10 bits per heavy atom. The maximum absolute atomic E-state index is 12.5. The Kier molecular flexibility index (Phi) is 3.13. The van der Waals surface area contributed by atoms with Crippen LogP contribution in [-0.4, -0.2) is 31.7 Å². The molecule has 0 aliphatic heterocycles. The minimum absolute atomic E-state index is 0.0209. The third kappa shape index (κ3) is 2.14. The second kappa shape index (κ2) is 4.97. The molecule has 1 aromatic heterocycles. The number of rotatable bonds is 3. The highest BCUT2D eigenvalue weighted by atomic mass is 16.3. The van der Waals surface area contributed by atoms with Gasteiger partial charge in [-0.3, -0.25) is 9.59 Å². The molecule has 1 N–H and O–H groups in total. The van der Waals surface area contributed by atoms with Crippen LogP contribution in [0.2, 0.25) is 0 Å². The number of aromatic hydroxyl groups is 1. The molecule has 0 spiro atoms. The van der Waals surface area contributed by atoms with Gasteiger partial charge >= 0.3 is 0 Å². The van der Waals surface area contributed by atoms with Crippen LogP contribution in [0.1, 0.15) is 39.8 Å². The number of phenols is 1. The molecule has 6 nitrogen and oxygen atoms in total. The number of hydrogen-bond acceptors (Lipinski definition) is 5. The number of aromatic nitrogens is 3. The zero-order valence-electron chi connectivity index (χ0n) is 11.4. The quantitative estimate of drug-likeness (QED) is 0.929. The molecule has 0 unspecified atom stereocenters. The number of phenolic OH excluding ortho intramolecular Hbond substituents is 1. The fraction of sp³-hybridized carbons (Fsp3) is 0.200. The van der Waals surface area contributed by atoms with Crippen LogP contribution in [-0.2, 0) is 6.42 Å². The van der Waals surface area contributed by atoms with Gasteiger partial charge in [0.2, 0.25) is 5.78 Å². The maximum atomic E-state index is 12.5. The monoisotopic (exact) mass is 283 g/mol. The first-order valence-electron chi connectivity index (χ1n) is 6.66. The lowest BCUT2D eigenvalue weighted by Gasteiger charge is -2.15. The lowest BCUT2D eigenvalue weighted by molar-refractivity contribution is 0.0994. The molecule has 3 rings (SSSR count). The Morgan fingerprint density at radius 1 is 1.29 bits per heavy atom. The number of allylic oxidation sites excluding steroid dienone is 2. The number of hydrogen-bond donors (Lipinski definition) is 1. The van der Waals surface area contributed by atoms with E-state index in [-0.39, 0.29) is 28.4 Å². The van der Waals surface area contributed by atoms with Gasteiger partial charge in [0.1, 0.15) is 11.4 Å². The molecule has 1 aliphatic carbocycles. The Bertz CT molecular complexity index is 774. The van der Waals surface area contributed by atoms with Crippen molar-refractivity contribution in [1.29, 1.82) is 0 Å². The number of benzene rings is 1. The van der Waals surface area contributed by atoms with E-state index in [2.05, 4.69) is 10.3 Å². The van der Waals surface area contributed by atoms with Crippen molar-refractivity contribution in [2.75, 3.05) is 0 Å². The summed E-state index contributed by atoms with van der Waals surface area (Å²) in [6.45, 7) is 2.02. The highest BCUT2D eigenvalue weighted by Crippen LogP contribution is 2.30. The number of carbonyl (C=O) groups excluding carboxylic acids is 2. The molecule has 0 bridgehead atoms. The first kappa shape index (κ1) is 13.2. The molecule has 6 heteroatoms. The summed E-state index contributed by atoms with van der Waals surface area (Å²) in [6.07, 6.45) is 4.52. The summed E-state index contributed by atoms with van der Waals surface area (Å²) in [5.41, 5.74) is 1.08. The van der Waals surface area contributed by atoms with E-state index in [9.17, 15) is 14.7 Å². The van der Waals surface area contributed by atoms with E-state index < -0.39 is 5.78 Å². The Balaban J connectivity index is 2.07. The van der Waals surface area contributed by atoms with Crippen molar-refractivity contribution in [2.45, 2.75) is 19.8 Å². The molecule has 0 radical (unpaired) electrons. The summed E-state index contributed by atoms with van der Waals surface area (Å²) in [5.74, 6) is -0.968. The summed E-state index contributed by atoms with van der Waals surface area (Å²) in [6, 6.07) is 4.44. The number of ketones is 2. The molecule has 1 aliphatic rings. The smallest absolute Gasteiger partial charge is 0.216 e. The number of carbonyl (C=O) groups is 2. The van der Waals surface area contributed by atoms with E-state index in [4.69, 9.17) is 0 Å². The van der Waals surface area contributed by atoms with Crippen molar-refractivity contribution >= 4 is 17.3 Å². The summed E-state index contributed by atoms with van der Waals surface area (Å²) >= 11 is 0. The van der Waals surface area contributed by atoms with Crippen LogP contribution in [0.5, 0.6) is 5.75 Å². The first-order chi connectivity index (χ1) is 10.1. The summed E-state index contributed by atoms with van der Waals surface area (Å²) < 4.78 is 1.29. The van der Waals surface area contributed by atoms with Gasteiger partial charge in [-0.05, 0) is 12.5 Å². The van der Waals surface area contributed by atoms with E-state index in [0.29, 0.717) is 0 Å². The third-order valence-electron chi connectivity index (χ3n) is 3.33. The van der Waals surface area contributed by atoms with Crippen LogP contribution in [0.4, 0.5) is 0 Å². The molecular weight excluding hydrogens is 270 g/mol. The van der Waals surface area contributed by atoms with Crippen LogP contribution >= 0.6 is 0 Å². The van der Waals surface area contributed by atoms with E-state index in [1.807, 2.05) is 6.92 Å². The second-order valence-corrected chi connectivity index (χ2v) is 4.83. The number of Topliss-reactive ketones (excluding diaryl/α,β-unsaturated/α-hetero) is 1. The van der Waals surface area contributed by atoms with Gasteiger partial charge in [0, 0.05) is 11.6 Å². The SMILES string of the molecule is CCCc1cn(C2=CC(=O)c3cccc(O)c3C2=O)nn1. The molecule has 1 aromatic carbocycles. The van der Waals surface area contributed by atoms with E-state index in [1.54, 1.807) is 6.20 Å². The van der Waals surface area contributed by atoms with Gasteiger partial charge in [-0.2, -0.15) is 0 Å². The number of nitrogens with zero attached hydrogens (tertiary/aromatic N) is 3. The molecule has 1 heterocycles. The van der Waals surface area contributed by atoms with E-state index >= 15 is 0 Å². The van der Waals surface area contributed by atoms with Gasteiger partial charge in [0.05, 0.1) is 17.5 Å². The van der Waals surface area contributed by atoms with Gasteiger partial charge in [0.25, 0.3) is 0 Å². The molecule has 2 aromatic rings. The van der Waals surface area contributed by atoms with Crippen molar-refractivity contribution in [3.63, 3.8) is 0 Å². The van der Waals surface area contributed by atoms with Crippen molar-refractivity contribution in [3.05, 3.63) is 47.3 Å². The minimum Gasteiger partial charge on any atom is -0.507 e. The highest BCUT2D eigenvalue weighted by molar-refractivity contribution is 6.36. The Morgan fingerprint density at radius 3 is 2.86 bits per heavy atom. The lowest BCUT2D eigenvalue weighted by Crippen LogP contribution is -2.20. The minimum atomic E-state index is -0.435. The van der Waals surface area contributed by atoms with Crippen molar-refractivity contribution in [2.24, 2.45) is 0 Å². The molecule has 21 heavy (non-hydrogen) atoms. The Labute approximate surface area is 120 Å². The Hall–Kier alpha value is -2.76. The maximum Gasteiger partial charge on any atom is 0.216 e. The predicted octanol–water partition coefficient (Wildman–Crippen LogP) is 1.86. The lowest BCUT2D eigenvalue weighted by atomic mass is 9.92. The summed E-state index contributed by atoms with van der Waals surface area (Å²) in [5, 5.41) is 17.7. The third-order valence-corrected chi connectivity index (χ3v) is 3.33. The van der Waals surface area contributed by atoms with Gasteiger partial charge < -0.3 is 5.11 Å². The zero-order chi connectivity index (χ0) is 15.0. The average molecular weight is 283 g/mol. The zero-order valence-corrected chi connectivity index (χ0v) is 11.4. The predicted molar refractivity (Wildman–Crippen MR) is 75.1 cm³/mol. The molecule has 106 valence electrons. The van der Waals surface area contributed by atoms with Gasteiger partial charge in [-0.15, -0.1) is 5.10 Å². The molecule has 0 atom stereocenters. The van der Waals surface area contributed by atoms with Crippen LogP contribution in [0.15, 0.2) is 30.5 Å². The number of aryl methyl sites for hydroxylation is 1. The molecule has 0 saturated heterocycles. The molecule has 0 fully saturated rings. The van der Waals surface area contributed by atoms with E-state index in [0.717, 1.165) is 18.5 Å². The van der Waals surface area contributed by atoms with Crippen molar-refractivity contribution in [3.8, 4) is 5.75 Å². The van der Waals surface area contributed by atoms with Crippen LogP contribution < -0.4 is 0 Å². The standard InChI is InChI=1S/C15H13N3O3/c1-2-4-9-8-18(17-16-9)11-7-13(20)10-5-3-6-12(19)14(10)15(11)21/h3,5-8,19H,2,4H2,1H3. The van der Waals surface area contributed by atoms with Crippen LogP contribution in [0.3, 0.4) is 0 Å². The topological polar surface area (TPSA) is 85.1 Å². The average Bonchev–Trinajstić information content (AvgIpc) is 2.91. The fourth-order valence-corrected chi connectivity index (χ4v) is 2.34. The highest BCUT2D eigenvalue weighted by Gasteiger charge is 2.29. The molecule has 0 amide bonds. The normalized spacial score (nSPS) is 14.0. The fourth-order valence-electron chi connectivity index (χ4n) is 2.34. The largest absolute Gasteiger partial charge is 0.507 e. The molecule has 0 saturated carbocycles. The van der Waals surface area contributed by atoms with Crippen LogP contribution in [0, 0.1) is 0 Å². The van der Waals surface area contributed by atoms with Crippen molar-refractivity contribution in [1.82, 2.24) is 15.0 Å². The number of fused-ring (bicyclic) bond motifs is 1. The molecular formula is C15H13N3O3. The summed E-state index contributed by atoms with van der Waals surface area (Å²) in [7, 11) is 0. The van der Waals surface area contributed by atoms with Crippen LogP contribution in [0.25, 0.3) is 5.70 Å². The van der Waals surface area contributed by atoms with Gasteiger partial charge in [-0.1, -0.05) is 30.7 Å². The first-order valence-corrected chi connectivity index (χ1v) is 6.66. The summed E-state index contributed by atoms with van der Waals surface area (Å²) in [4.78, 5) is 24.6. The van der Waals surface area contributed by atoms with Gasteiger partial charge in [0.15, 0.2) is 5.78 Å².